The molecule has 1 aliphatic rings. The lowest BCUT2D eigenvalue weighted by atomic mass is 9.87. The lowest BCUT2D eigenvalue weighted by Crippen LogP contribution is -2.27. The monoisotopic (exact) mass is 372 g/mol. The third-order valence-corrected chi connectivity index (χ3v) is 5.88. The molecule has 0 spiro atoms. The standard InChI is InChI=1S/C23H24N4O/c1-13-10-11-18-17(12-13)15-6-5-7-16(21(15)25-18)23(28)24-14(2)22-26-19-8-3-4-9-20(19)27-22/h3-9,13-14,25H,10-12H2,1-2H3,(H,24,28)(H,26,27). The predicted octanol–water partition coefficient (Wildman–Crippen LogP) is 4.66. The number of nitrogens with one attached hydrogen (secondary N) is 3. The van der Waals surface area contributed by atoms with Crippen LogP contribution in [0, 0.1) is 5.92 Å². The lowest BCUT2D eigenvalue weighted by molar-refractivity contribution is 0.0940. The zero-order chi connectivity index (χ0) is 19.3. The number of fused-ring (bicyclic) bond motifs is 4. The van der Waals surface area contributed by atoms with E-state index in [4.69, 9.17) is 0 Å². The van der Waals surface area contributed by atoms with E-state index in [-0.39, 0.29) is 11.9 Å². The summed E-state index contributed by atoms with van der Waals surface area (Å²) in [6.45, 7) is 4.25. The van der Waals surface area contributed by atoms with E-state index in [0.29, 0.717) is 11.5 Å². The van der Waals surface area contributed by atoms with Gasteiger partial charge < -0.3 is 15.3 Å². The minimum Gasteiger partial charge on any atom is -0.358 e. The van der Waals surface area contributed by atoms with Crippen LogP contribution in [0.5, 0.6) is 0 Å². The highest BCUT2D eigenvalue weighted by Gasteiger charge is 2.23. The van der Waals surface area contributed by atoms with Crippen molar-refractivity contribution < 1.29 is 4.79 Å². The molecule has 2 unspecified atom stereocenters. The number of hydrogen-bond donors (Lipinski definition) is 3. The molecule has 0 saturated heterocycles. The number of carbonyl (C=O) groups is 1. The van der Waals surface area contributed by atoms with Crippen molar-refractivity contribution in [2.75, 3.05) is 0 Å². The Bertz CT molecular complexity index is 1150. The fraction of sp³-hybridized carbons (Fsp3) is 0.304. The van der Waals surface area contributed by atoms with E-state index < -0.39 is 0 Å². The van der Waals surface area contributed by atoms with Crippen LogP contribution in [-0.4, -0.2) is 20.9 Å². The maximum Gasteiger partial charge on any atom is 0.253 e. The van der Waals surface area contributed by atoms with Gasteiger partial charge in [0.25, 0.3) is 5.91 Å². The smallest absolute Gasteiger partial charge is 0.253 e. The van der Waals surface area contributed by atoms with Crippen LogP contribution in [0.2, 0.25) is 0 Å². The van der Waals surface area contributed by atoms with Crippen molar-refractivity contribution in [3.63, 3.8) is 0 Å². The number of aromatic nitrogens is 3. The van der Waals surface area contributed by atoms with E-state index in [0.717, 1.165) is 35.2 Å². The minimum atomic E-state index is -0.209. The Morgan fingerprint density at radius 3 is 2.89 bits per heavy atom. The largest absolute Gasteiger partial charge is 0.358 e. The van der Waals surface area contributed by atoms with Crippen molar-refractivity contribution in [2.24, 2.45) is 5.92 Å². The first-order valence-corrected chi connectivity index (χ1v) is 9.98. The van der Waals surface area contributed by atoms with Gasteiger partial charge in [0.1, 0.15) is 5.82 Å². The van der Waals surface area contributed by atoms with Crippen molar-refractivity contribution in [1.29, 1.82) is 0 Å². The zero-order valence-electron chi connectivity index (χ0n) is 16.2. The Labute approximate surface area is 163 Å². The van der Waals surface area contributed by atoms with E-state index in [1.54, 1.807) is 0 Å². The number of nitrogens with zero attached hydrogens (tertiary/aromatic N) is 1. The molecule has 0 aliphatic heterocycles. The summed E-state index contributed by atoms with van der Waals surface area (Å²) in [5.41, 5.74) is 6.21. The molecule has 5 rings (SSSR count). The molecule has 2 atom stereocenters. The van der Waals surface area contributed by atoms with Crippen LogP contribution < -0.4 is 5.32 Å². The summed E-state index contributed by atoms with van der Waals surface area (Å²) in [6, 6.07) is 13.7. The number of benzene rings is 2. The SMILES string of the molecule is CC1CCc2[nH]c3c(C(=O)NC(C)c4nc5ccccc5[nH]4)cccc3c2C1. The molecule has 1 aliphatic carbocycles. The van der Waals surface area contributed by atoms with Crippen molar-refractivity contribution in [2.45, 2.75) is 39.2 Å². The third kappa shape index (κ3) is 2.78. The minimum absolute atomic E-state index is 0.0785. The molecule has 4 aromatic rings. The van der Waals surface area contributed by atoms with Crippen LogP contribution >= 0.6 is 0 Å². The molecule has 1 amide bonds. The Balaban J connectivity index is 1.45. The molecule has 5 heteroatoms. The molecule has 0 radical (unpaired) electrons. The van der Waals surface area contributed by atoms with Crippen LogP contribution in [0.15, 0.2) is 42.5 Å². The van der Waals surface area contributed by atoms with Crippen LogP contribution in [0.1, 0.15) is 53.7 Å². The summed E-state index contributed by atoms with van der Waals surface area (Å²) >= 11 is 0. The average Bonchev–Trinajstić information content (AvgIpc) is 3.29. The number of amides is 1. The molecular weight excluding hydrogens is 348 g/mol. The summed E-state index contributed by atoms with van der Waals surface area (Å²) in [4.78, 5) is 24.5. The first-order valence-electron chi connectivity index (χ1n) is 9.98. The van der Waals surface area contributed by atoms with Gasteiger partial charge in [-0.25, -0.2) is 4.98 Å². The van der Waals surface area contributed by atoms with Crippen LogP contribution in [0.25, 0.3) is 21.9 Å². The Morgan fingerprint density at radius 2 is 2.04 bits per heavy atom. The number of aromatic amines is 2. The van der Waals surface area contributed by atoms with Gasteiger partial charge in [0, 0.05) is 11.1 Å². The van der Waals surface area contributed by atoms with Gasteiger partial charge in [0.05, 0.1) is 28.2 Å². The van der Waals surface area contributed by atoms with Gasteiger partial charge in [-0.1, -0.05) is 31.2 Å². The molecule has 0 bridgehead atoms. The van der Waals surface area contributed by atoms with Crippen LogP contribution in [0.4, 0.5) is 0 Å². The first kappa shape index (κ1) is 17.0. The molecule has 28 heavy (non-hydrogen) atoms. The second kappa shape index (κ2) is 6.51. The van der Waals surface area contributed by atoms with E-state index >= 15 is 0 Å². The molecule has 2 heterocycles. The highest BCUT2D eigenvalue weighted by atomic mass is 16.1. The van der Waals surface area contributed by atoms with E-state index in [2.05, 4.69) is 33.3 Å². The quantitative estimate of drug-likeness (QED) is 0.489. The number of hydrogen-bond acceptors (Lipinski definition) is 2. The molecule has 142 valence electrons. The molecule has 3 N–H and O–H groups in total. The summed E-state index contributed by atoms with van der Waals surface area (Å²) in [6.07, 6.45) is 3.34. The second-order valence-electron chi connectivity index (χ2n) is 7.99. The number of H-pyrrole nitrogens is 2. The summed E-state index contributed by atoms with van der Waals surface area (Å²) in [7, 11) is 0. The number of rotatable bonds is 3. The molecule has 0 fully saturated rings. The maximum absolute atomic E-state index is 13.1. The van der Waals surface area contributed by atoms with E-state index in [1.165, 1.54) is 23.1 Å². The Hall–Kier alpha value is -3.08. The van der Waals surface area contributed by atoms with Gasteiger partial charge in [0.2, 0.25) is 0 Å². The molecule has 2 aromatic carbocycles. The van der Waals surface area contributed by atoms with Crippen molar-refractivity contribution >= 4 is 27.8 Å². The normalized spacial score (nSPS) is 17.6. The van der Waals surface area contributed by atoms with Gasteiger partial charge in [-0.2, -0.15) is 0 Å². The van der Waals surface area contributed by atoms with Gasteiger partial charge in [-0.15, -0.1) is 0 Å². The molecule has 0 saturated carbocycles. The summed E-state index contributed by atoms with van der Waals surface area (Å²) in [5, 5.41) is 4.29. The van der Waals surface area contributed by atoms with Crippen LogP contribution in [0.3, 0.4) is 0 Å². The molecular formula is C23H24N4O. The number of para-hydroxylation sites is 3. The van der Waals surface area contributed by atoms with E-state index in [9.17, 15) is 4.79 Å². The van der Waals surface area contributed by atoms with Gasteiger partial charge in [-0.3, -0.25) is 4.79 Å². The van der Waals surface area contributed by atoms with Gasteiger partial charge in [-0.05, 0) is 55.9 Å². The topological polar surface area (TPSA) is 73.6 Å². The fourth-order valence-electron chi connectivity index (χ4n) is 4.32. The molecule has 5 nitrogen and oxygen atoms in total. The van der Waals surface area contributed by atoms with E-state index in [1.807, 2.05) is 43.3 Å². The lowest BCUT2D eigenvalue weighted by Gasteiger charge is -2.17. The van der Waals surface area contributed by atoms with Gasteiger partial charge in [0.15, 0.2) is 0 Å². The predicted molar refractivity (Wildman–Crippen MR) is 111 cm³/mol. The molecule has 2 aromatic heterocycles. The highest BCUT2D eigenvalue weighted by Crippen LogP contribution is 2.33. The highest BCUT2D eigenvalue weighted by molar-refractivity contribution is 6.07. The zero-order valence-corrected chi connectivity index (χ0v) is 16.2. The Morgan fingerprint density at radius 1 is 1.18 bits per heavy atom. The maximum atomic E-state index is 13.1. The van der Waals surface area contributed by atoms with Crippen molar-refractivity contribution in [3.05, 3.63) is 65.1 Å². The summed E-state index contributed by atoms with van der Waals surface area (Å²) < 4.78 is 0. The first-order chi connectivity index (χ1) is 13.6. The number of carbonyl (C=O) groups excluding carboxylic acids is 1. The van der Waals surface area contributed by atoms with Gasteiger partial charge >= 0.3 is 0 Å². The third-order valence-electron chi connectivity index (χ3n) is 5.88. The van der Waals surface area contributed by atoms with Crippen molar-refractivity contribution in [3.8, 4) is 0 Å². The fourth-order valence-corrected chi connectivity index (χ4v) is 4.32. The van der Waals surface area contributed by atoms with Crippen LogP contribution in [-0.2, 0) is 12.8 Å². The average molecular weight is 372 g/mol. The second-order valence-corrected chi connectivity index (χ2v) is 7.99. The number of aryl methyl sites for hydroxylation is 1. The number of imidazole rings is 1. The summed E-state index contributed by atoms with van der Waals surface area (Å²) in [5.74, 6) is 1.38. The van der Waals surface area contributed by atoms with Crippen molar-refractivity contribution in [1.82, 2.24) is 20.3 Å². The Kier molecular flexibility index (Phi) is 3.97.